The molecule has 0 spiro atoms. The summed E-state index contributed by atoms with van der Waals surface area (Å²) in [5.74, 6) is 0.896. The van der Waals surface area contributed by atoms with Gasteiger partial charge in [-0.25, -0.2) is 0 Å². The van der Waals surface area contributed by atoms with Crippen molar-refractivity contribution in [2.45, 2.75) is 26.9 Å². The average Bonchev–Trinajstić information content (AvgIpc) is 2.34. The quantitative estimate of drug-likeness (QED) is 0.823. The van der Waals surface area contributed by atoms with Gasteiger partial charge in [0.05, 0.1) is 0 Å². The van der Waals surface area contributed by atoms with Crippen molar-refractivity contribution in [1.82, 2.24) is 0 Å². The van der Waals surface area contributed by atoms with Crippen molar-refractivity contribution in [2.75, 3.05) is 5.73 Å². The maximum absolute atomic E-state index is 5.94. The van der Waals surface area contributed by atoms with E-state index in [1.165, 1.54) is 11.1 Å². The highest BCUT2D eigenvalue weighted by Gasteiger charge is 2.07. The fourth-order valence-corrected chi connectivity index (χ4v) is 1.87. The second-order valence-electron chi connectivity index (χ2n) is 4.68. The van der Waals surface area contributed by atoms with Crippen LogP contribution in [0.2, 0.25) is 0 Å². The van der Waals surface area contributed by atoms with Gasteiger partial charge in [-0.1, -0.05) is 18.2 Å². The van der Waals surface area contributed by atoms with E-state index < -0.39 is 0 Å². The van der Waals surface area contributed by atoms with Gasteiger partial charge in [-0.2, -0.15) is 0 Å². The van der Waals surface area contributed by atoms with Gasteiger partial charge in [-0.05, 0) is 61.7 Å². The number of aryl methyl sites for hydroxylation is 2. The van der Waals surface area contributed by atoms with Gasteiger partial charge in [0.25, 0.3) is 0 Å². The zero-order chi connectivity index (χ0) is 13.1. The fraction of sp³-hybridized carbons (Fsp3) is 0.250. The third-order valence-electron chi connectivity index (χ3n) is 3.17. The first-order valence-electron chi connectivity index (χ1n) is 6.15. The van der Waals surface area contributed by atoms with Gasteiger partial charge in [0, 0.05) is 5.69 Å². The standard InChI is InChI=1S/C16H19NO/c1-11-7-8-16(9-12(11)2)18-13(3)14-5-4-6-15(17)10-14/h4-10,13H,17H2,1-3H3. The lowest BCUT2D eigenvalue weighted by Gasteiger charge is -2.16. The molecule has 0 aliphatic carbocycles. The molecule has 1 atom stereocenters. The predicted molar refractivity (Wildman–Crippen MR) is 75.8 cm³/mol. The molecule has 0 amide bonds. The SMILES string of the molecule is Cc1ccc(OC(C)c2cccc(N)c2)cc1C. The summed E-state index contributed by atoms with van der Waals surface area (Å²) in [6, 6.07) is 14.0. The first-order valence-corrected chi connectivity index (χ1v) is 6.15. The van der Waals surface area contributed by atoms with E-state index in [0.717, 1.165) is 17.0 Å². The molecule has 2 N–H and O–H groups in total. The van der Waals surface area contributed by atoms with Crippen LogP contribution in [-0.4, -0.2) is 0 Å². The topological polar surface area (TPSA) is 35.2 Å². The summed E-state index contributed by atoms with van der Waals surface area (Å²) in [5, 5.41) is 0. The number of nitrogen functional groups attached to an aromatic ring is 1. The summed E-state index contributed by atoms with van der Waals surface area (Å²) in [6.45, 7) is 6.22. The Morgan fingerprint density at radius 2 is 1.78 bits per heavy atom. The van der Waals surface area contributed by atoms with Crippen LogP contribution in [0, 0.1) is 13.8 Å². The summed E-state index contributed by atoms with van der Waals surface area (Å²) >= 11 is 0. The molecule has 2 rings (SSSR count). The molecular formula is C16H19NO. The highest BCUT2D eigenvalue weighted by molar-refractivity contribution is 5.42. The van der Waals surface area contributed by atoms with Crippen LogP contribution in [0.1, 0.15) is 29.7 Å². The van der Waals surface area contributed by atoms with E-state index in [0.29, 0.717) is 0 Å². The van der Waals surface area contributed by atoms with Crippen LogP contribution in [0.4, 0.5) is 5.69 Å². The Bertz CT molecular complexity index is 549. The summed E-state index contributed by atoms with van der Waals surface area (Å²) in [6.07, 6.45) is -0.00407. The highest BCUT2D eigenvalue weighted by Crippen LogP contribution is 2.24. The Morgan fingerprint density at radius 1 is 1.00 bits per heavy atom. The minimum atomic E-state index is -0.00407. The van der Waals surface area contributed by atoms with Crippen LogP contribution in [0.25, 0.3) is 0 Å². The molecule has 0 heterocycles. The van der Waals surface area contributed by atoms with Crippen molar-refractivity contribution >= 4 is 5.69 Å². The van der Waals surface area contributed by atoms with Crippen LogP contribution >= 0.6 is 0 Å². The van der Waals surface area contributed by atoms with Crippen molar-refractivity contribution in [3.8, 4) is 5.75 Å². The molecule has 2 heteroatoms. The van der Waals surface area contributed by atoms with Crippen LogP contribution in [0.5, 0.6) is 5.75 Å². The van der Waals surface area contributed by atoms with Crippen LogP contribution in [0.3, 0.4) is 0 Å². The molecule has 94 valence electrons. The van der Waals surface area contributed by atoms with Crippen molar-refractivity contribution in [3.05, 3.63) is 59.2 Å². The second kappa shape index (κ2) is 5.13. The number of rotatable bonds is 3. The van der Waals surface area contributed by atoms with Gasteiger partial charge >= 0.3 is 0 Å². The van der Waals surface area contributed by atoms with Gasteiger partial charge in [0.15, 0.2) is 0 Å². The van der Waals surface area contributed by atoms with E-state index in [9.17, 15) is 0 Å². The number of hydrogen-bond acceptors (Lipinski definition) is 2. The van der Waals surface area contributed by atoms with E-state index in [2.05, 4.69) is 26.0 Å². The summed E-state index contributed by atoms with van der Waals surface area (Å²) in [4.78, 5) is 0. The van der Waals surface area contributed by atoms with Gasteiger partial charge in [-0.15, -0.1) is 0 Å². The Hall–Kier alpha value is -1.96. The molecule has 0 aliphatic rings. The third kappa shape index (κ3) is 2.83. The predicted octanol–water partition coefficient (Wildman–Crippen LogP) is 4.03. The van der Waals surface area contributed by atoms with Crippen LogP contribution in [0.15, 0.2) is 42.5 Å². The summed E-state index contributed by atoms with van der Waals surface area (Å²) < 4.78 is 5.94. The van der Waals surface area contributed by atoms with Crippen molar-refractivity contribution in [1.29, 1.82) is 0 Å². The lowest BCUT2D eigenvalue weighted by Crippen LogP contribution is -2.04. The maximum Gasteiger partial charge on any atom is 0.121 e. The molecule has 0 bridgehead atoms. The average molecular weight is 241 g/mol. The molecule has 0 saturated heterocycles. The molecule has 2 aromatic carbocycles. The zero-order valence-corrected chi connectivity index (χ0v) is 11.1. The van der Waals surface area contributed by atoms with E-state index in [1.54, 1.807) is 0 Å². The van der Waals surface area contributed by atoms with Crippen LogP contribution in [-0.2, 0) is 0 Å². The summed E-state index contributed by atoms with van der Waals surface area (Å²) in [5.41, 5.74) is 10.2. The number of benzene rings is 2. The van der Waals surface area contributed by atoms with Crippen LogP contribution < -0.4 is 10.5 Å². The fourth-order valence-electron chi connectivity index (χ4n) is 1.87. The molecular weight excluding hydrogens is 222 g/mol. The number of hydrogen-bond donors (Lipinski definition) is 1. The molecule has 1 unspecified atom stereocenters. The summed E-state index contributed by atoms with van der Waals surface area (Å²) in [7, 11) is 0. The van der Waals surface area contributed by atoms with E-state index in [1.807, 2.05) is 37.3 Å². The Kier molecular flexibility index (Phi) is 3.56. The molecule has 0 saturated carbocycles. The van der Waals surface area contributed by atoms with Gasteiger partial charge in [0.1, 0.15) is 11.9 Å². The van der Waals surface area contributed by atoms with Gasteiger partial charge in [-0.3, -0.25) is 0 Å². The smallest absolute Gasteiger partial charge is 0.121 e. The molecule has 0 aliphatic heterocycles. The first-order chi connectivity index (χ1) is 8.56. The molecule has 18 heavy (non-hydrogen) atoms. The minimum Gasteiger partial charge on any atom is -0.486 e. The largest absolute Gasteiger partial charge is 0.486 e. The Labute approximate surface area is 108 Å². The third-order valence-corrected chi connectivity index (χ3v) is 3.17. The monoisotopic (exact) mass is 241 g/mol. The van der Waals surface area contributed by atoms with Crippen molar-refractivity contribution in [2.24, 2.45) is 0 Å². The molecule has 2 nitrogen and oxygen atoms in total. The number of anilines is 1. The Morgan fingerprint density at radius 3 is 2.44 bits per heavy atom. The van der Waals surface area contributed by atoms with Gasteiger partial charge < -0.3 is 10.5 Å². The maximum atomic E-state index is 5.94. The molecule has 0 aromatic heterocycles. The normalized spacial score (nSPS) is 12.2. The van der Waals surface area contributed by atoms with E-state index >= 15 is 0 Å². The number of nitrogens with two attached hydrogens (primary N) is 1. The van der Waals surface area contributed by atoms with Gasteiger partial charge in [0.2, 0.25) is 0 Å². The lowest BCUT2D eigenvalue weighted by molar-refractivity contribution is 0.227. The second-order valence-corrected chi connectivity index (χ2v) is 4.68. The zero-order valence-electron chi connectivity index (χ0n) is 11.1. The number of ether oxygens (including phenoxy) is 1. The van der Waals surface area contributed by atoms with Crippen molar-refractivity contribution < 1.29 is 4.74 Å². The molecule has 0 fully saturated rings. The highest BCUT2D eigenvalue weighted by atomic mass is 16.5. The van der Waals surface area contributed by atoms with E-state index in [-0.39, 0.29) is 6.10 Å². The van der Waals surface area contributed by atoms with E-state index in [4.69, 9.17) is 10.5 Å². The minimum absolute atomic E-state index is 0.00407. The lowest BCUT2D eigenvalue weighted by atomic mass is 10.1. The molecule has 0 radical (unpaired) electrons. The first kappa shape index (κ1) is 12.5. The van der Waals surface area contributed by atoms with Crippen molar-refractivity contribution in [3.63, 3.8) is 0 Å². The Balaban J connectivity index is 2.16. The molecule has 2 aromatic rings.